The Morgan fingerprint density at radius 2 is 1.50 bits per heavy atom. The van der Waals surface area contributed by atoms with Crippen molar-refractivity contribution in [2.45, 2.75) is 77.2 Å². The first-order valence-corrected chi connectivity index (χ1v) is 14.4. The second kappa shape index (κ2) is 11.6. The van der Waals surface area contributed by atoms with Gasteiger partial charge in [-0.05, 0) is 57.0 Å². The summed E-state index contributed by atoms with van der Waals surface area (Å²) >= 11 is 0. The molecule has 6 nitrogen and oxygen atoms in total. The van der Waals surface area contributed by atoms with E-state index in [4.69, 9.17) is 19.5 Å². The molecule has 5 rings (SSSR count). The zero-order chi connectivity index (χ0) is 28.2. The summed E-state index contributed by atoms with van der Waals surface area (Å²) in [6.07, 6.45) is 10.3. The molecule has 0 amide bonds. The number of carbonyl (C=O) groups is 1. The van der Waals surface area contributed by atoms with Crippen LogP contribution in [0.25, 0.3) is 0 Å². The van der Waals surface area contributed by atoms with Crippen molar-refractivity contribution in [2.24, 2.45) is 5.41 Å². The van der Waals surface area contributed by atoms with Crippen LogP contribution in [0, 0.1) is 16.7 Å². The van der Waals surface area contributed by atoms with E-state index < -0.39 is 5.60 Å². The molecule has 2 aliphatic heterocycles. The van der Waals surface area contributed by atoms with E-state index in [1.165, 1.54) is 32.1 Å². The first kappa shape index (κ1) is 27.6. The number of ether oxygens (including phenoxy) is 3. The number of nitriles is 1. The molecule has 0 saturated heterocycles. The van der Waals surface area contributed by atoms with E-state index in [1.807, 2.05) is 50.2 Å². The zero-order valence-corrected chi connectivity index (χ0v) is 23.4. The molecule has 3 aromatic carbocycles. The van der Waals surface area contributed by atoms with Gasteiger partial charge in [0.1, 0.15) is 23.0 Å². The van der Waals surface area contributed by atoms with Crippen LogP contribution < -0.4 is 9.47 Å². The number of rotatable bonds is 12. The number of phenols is 1. The smallest absolute Gasteiger partial charge is 0.340 e. The van der Waals surface area contributed by atoms with Gasteiger partial charge in [-0.25, -0.2) is 4.79 Å². The molecule has 208 valence electrons. The van der Waals surface area contributed by atoms with Crippen LogP contribution >= 0.6 is 0 Å². The van der Waals surface area contributed by atoms with E-state index in [9.17, 15) is 9.90 Å². The Kier molecular flexibility index (Phi) is 8.02. The van der Waals surface area contributed by atoms with Gasteiger partial charge in [0.05, 0.1) is 23.7 Å². The minimum atomic E-state index is -1.14. The van der Waals surface area contributed by atoms with Crippen LogP contribution in [-0.4, -0.2) is 17.7 Å². The average molecular weight is 540 g/mol. The summed E-state index contributed by atoms with van der Waals surface area (Å²) in [5.41, 5.74) is 1.35. The lowest BCUT2D eigenvalue weighted by atomic mass is 9.77. The van der Waals surface area contributed by atoms with Crippen molar-refractivity contribution in [3.05, 3.63) is 82.9 Å². The normalized spacial score (nSPS) is 16.9. The lowest BCUT2D eigenvalue weighted by Gasteiger charge is -2.36. The van der Waals surface area contributed by atoms with E-state index in [0.717, 1.165) is 36.8 Å². The average Bonchev–Trinajstić information content (AvgIpc) is 3.24. The standard InChI is InChI=1S/C34H37NO5/c1-33(2,23-35)19-11-7-5-3-4-6-8-12-20-38-25-16-18-29-31(22-25)39-30-21-24(36)15-17-28(30)34(29)27-14-10-9-13-26(27)32(37)40-34/h9-10,13-18,21-22,36H,3-8,11-12,19-20H2,1-2H3. The van der Waals surface area contributed by atoms with Crippen LogP contribution in [0.2, 0.25) is 0 Å². The van der Waals surface area contributed by atoms with Crippen LogP contribution in [-0.2, 0) is 10.3 Å². The Hall–Kier alpha value is -3.98. The summed E-state index contributed by atoms with van der Waals surface area (Å²) in [6.45, 7) is 4.64. The van der Waals surface area contributed by atoms with Crippen LogP contribution in [0.15, 0.2) is 60.7 Å². The topological polar surface area (TPSA) is 88.8 Å². The summed E-state index contributed by atoms with van der Waals surface area (Å²) in [7, 11) is 0. The second-order valence-electron chi connectivity index (χ2n) is 11.5. The molecule has 3 aromatic rings. The first-order valence-electron chi connectivity index (χ1n) is 14.4. The summed E-state index contributed by atoms with van der Waals surface area (Å²) in [6, 6.07) is 20.3. The Morgan fingerprint density at radius 1 is 0.850 bits per heavy atom. The second-order valence-corrected chi connectivity index (χ2v) is 11.5. The van der Waals surface area contributed by atoms with Gasteiger partial charge in [-0.3, -0.25) is 0 Å². The number of benzene rings is 3. The van der Waals surface area contributed by atoms with Crippen LogP contribution in [0.1, 0.15) is 98.7 Å². The quantitative estimate of drug-likeness (QED) is 0.184. The van der Waals surface area contributed by atoms with Crippen LogP contribution in [0.5, 0.6) is 23.0 Å². The fourth-order valence-electron chi connectivity index (χ4n) is 5.71. The number of esters is 1. The fraction of sp³-hybridized carbons (Fsp3) is 0.412. The van der Waals surface area contributed by atoms with Crippen molar-refractivity contribution < 1.29 is 24.1 Å². The third-order valence-electron chi connectivity index (χ3n) is 7.94. The Balaban J connectivity index is 1.17. The van der Waals surface area contributed by atoms with Gasteiger partial charge in [-0.1, -0.05) is 63.1 Å². The number of nitrogens with zero attached hydrogens (tertiary/aromatic N) is 1. The van der Waals surface area contributed by atoms with Crippen molar-refractivity contribution in [2.75, 3.05) is 6.61 Å². The lowest BCUT2D eigenvalue weighted by molar-refractivity contribution is 0.0224. The van der Waals surface area contributed by atoms with E-state index in [2.05, 4.69) is 6.07 Å². The molecule has 2 heterocycles. The predicted molar refractivity (Wildman–Crippen MR) is 153 cm³/mol. The fourth-order valence-corrected chi connectivity index (χ4v) is 5.71. The number of hydrogen-bond donors (Lipinski definition) is 1. The number of hydrogen-bond acceptors (Lipinski definition) is 6. The molecule has 0 saturated carbocycles. The molecular weight excluding hydrogens is 502 g/mol. The van der Waals surface area contributed by atoms with E-state index in [-0.39, 0.29) is 17.1 Å². The van der Waals surface area contributed by atoms with Gasteiger partial charge >= 0.3 is 5.97 Å². The lowest BCUT2D eigenvalue weighted by Crippen LogP contribution is -2.32. The summed E-state index contributed by atoms with van der Waals surface area (Å²) in [4.78, 5) is 12.9. The SMILES string of the molecule is CC(C)(C#N)CCCCCCCCCCOc1ccc2c(c1)Oc1cc(O)ccc1C21OC(=O)c2ccccc21. The number of phenolic OH excluding ortho intramolecular Hbond substituents is 1. The molecule has 40 heavy (non-hydrogen) atoms. The van der Waals surface area contributed by atoms with Gasteiger partial charge in [0.2, 0.25) is 0 Å². The van der Waals surface area contributed by atoms with Crippen molar-refractivity contribution in [1.82, 2.24) is 0 Å². The number of aromatic hydroxyl groups is 1. The van der Waals surface area contributed by atoms with Crippen molar-refractivity contribution >= 4 is 5.97 Å². The molecule has 1 atom stereocenters. The number of carbonyl (C=O) groups excluding carboxylic acids is 1. The van der Waals surface area contributed by atoms with Gasteiger partial charge in [0.25, 0.3) is 0 Å². The number of fused-ring (bicyclic) bond motifs is 6. The van der Waals surface area contributed by atoms with Crippen LogP contribution in [0.4, 0.5) is 0 Å². The predicted octanol–water partition coefficient (Wildman–Crippen LogP) is 8.40. The molecule has 0 aromatic heterocycles. The zero-order valence-electron chi connectivity index (χ0n) is 23.4. The van der Waals surface area contributed by atoms with Crippen molar-refractivity contribution in [3.63, 3.8) is 0 Å². The molecule has 2 aliphatic rings. The van der Waals surface area contributed by atoms with E-state index in [1.54, 1.807) is 24.3 Å². The Bertz CT molecular complexity index is 1420. The minimum absolute atomic E-state index is 0.0744. The highest BCUT2D eigenvalue weighted by molar-refractivity contribution is 5.97. The van der Waals surface area contributed by atoms with Gasteiger partial charge < -0.3 is 19.3 Å². The Labute approximate surface area is 236 Å². The van der Waals surface area contributed by atoms with Crippen molar-refractivity contribution in [3.8, 4) is 29.1 Å². The van der Waals surface area contributed by atoms with Crippen molar-refractivity contribution in [1.29, 1.82) is 5.26 Å². The maximum atomic E-state index is 12.9. The maximum Gasteiger partial charge on any atom is 0.340 e. The molecule has 0 aliphatic carbocycles. The maximum absolute atomic E-state index is 12.9. The van der Waals surface area contributed by atoms with Gasteiger partial charge in [0.15, 0.2) is 5.60 Å². The molecule has 6 heteroatoms. The third kappa shape index (κ3) is 5.51. The first-order chi connectivity index (χ1) is 19.3. The van der Waals surface area contributed by atoms with Crippen LogP contribution in [0.3, 0.4) is 0 Å². The number of unbranched alkanes of at least 4 members (excludes halogenated alkanes) is 7. The van der Waals surface area contributed by atoms with E-state index >= 15 is 0 Å². The summed E-state index contributed by atoms with van der Waals surface area (Å²) in [5.74, 6) is 1.37. The summed E-state index contributed by atoms with van der Waals surface area (Å²) < 4.78 is 18.4. The third-order valence-corrected chi connectivity index (χ3v) is 7.94. The van der Waals surface area contributed by atoms with Gasteiger partial charge in [-0.2, -0.15) is 5.26 Å². The van der Waals surface area contributed by atoms with Gasteiger partial charge in [-0.15, -0.1) is 0 Å². The highest BCUT2D eigenvalue weighted by Crippen LogP contribution is 2.56. The molecule has 0 bridgehead atoms. The highest BCUT2D eigenvalue weighted by atomic mass is 16.6. The molecule has 1 unspecified atom stereocenters. The monoisotopic (exact) mass is 539 g/mol. The molecule has 1 N–H and O–H groups in total. The van der Waals surface area contributed by atoms with Gasteiger partial charge in [0, 0.05) is 28.8 Å². The molecule has 0 radical (unpaired) electrons. The summed E-state index contributed by atoms with van der Waals surface area (Å²) in [5, 5.41) is 19.2. The molecular formula is C34H37NO5. The Morgan fingerprint density at radius 3 is 2.25 bits per heavy atom. The highest BCUT2D eigenvalue weighted by Gasteiger charge is 2.53. The van der Waals surface area contributed by atoms with E-state index in [0.29, 0.717) is 35.0 Å². The largest absolute Gasteiger partial charge is 0.508 e. The molecule has 1 spiro atoms. The molecule has 0 fully saturated rings. The minimum Gasteiger partial charge on any atom is -0.508 e.